The zero-order valence-corrected chi connectivity index (χ0v) is 15.7. The van der Waals surface area contributed by atoms with Crippen LogP contribution in [0, 0.1) is 0 Å². The van der Waals surface area contributed by atoms with E-state index in [1.165, 1.54) is 23.2 Å². The number of ether oxygens (including phenoxy) is 1. The van der Waals surface area contributed by atoms with E-state index in [9.17, 15) is 14.7 Å². The molecule has 9 heteroatoms. The summed E-state index contributed by atoms with van der Waals surface area (Å²) in [5.74, 6) is -0.687. The Balaban J connectivity index is 1.86. The minimum Gasteiger partial charge on any atom is -0.508 e. The summed E-state index contributed by atoms with van der Waals surface area (Å²) in [5, 5.41) is 26.1. The molecule has 0 aromatic heterocycles. The number of carbonyl (C=O) groups is 2. The Bertz CT molecular complexity index is 926. The Hall–Kier alpha value is -3.33. The Morgan fingerprint density at radius 3 is 2.50 bits per heavy atom. The maximum Gasteiger partial charge on any atom is 0.305 e. The third-order valence-corrected chi connectivity index (χ3v) is 5.00. The lowest BCUT2D eigenvalue weighted by Crippen LogP contribution is -2.32. The predicted octanol–water partition coefficient (Wildman–Crippen LogP) is 2.71. The standard InChI is InChI=1S/C19H17N3O5S/c1-27-15-8-2-12(3-9-15)11-20-21-19-22(13-4-6-14(23)7-5-13)18(26)16(28-19)10-17(24)25/h2-9,11,16,23H,10H2,1H3,(H,24,25)/b20-11-,21-19-/t16-/m1/s1. The fourth-order valence-electron chi connectivity index (χ4n) is 2.50. The van der Waals surface area contributed by atoms with E-state index < -0.39 is 17.1 Å². The Morgan fingerprint density at radius 1 is 1.21 bits per heavy atom. The van der Waals surface area contributed by atoms with Crippen LogP contribution in [0.15, 0.2) is 58.7 Å². The van der Waals surface area contributed by atoms with Gasteiger partial charge in [-0.05, 0) is 54.1 Å². The molecule has 28 heavy (non-hydrogen) atoms. The van der Waals surface area contributed by atoms with Gasteiger partial charge in [0.2, 0.25) is 5.91 Å². The summed E-state index contributed by atoms with van der Waals surface area (Å²) in [6.07, 6.45) is 1.20. The Kier molecular flexibility index (Phi) is 5.95. The quantitative estimate of drug-likeness (QED) is 0.571. The van der Waals surface area contributed by atoms with Gasteiger partial charge in [-0.3, -0.25) is 14.5 Å². The van der Waals surface area contributed by atoms with Crippen molar-refractivity contribution < 1.29 is 24.5 Å². The van der Waals surface area contributed by atoms with E-state index in [1.54, 1.807) is 43.5 Å². The lowest BCUT2D eigenvalue weighted by Gasteiger charge is -2.15. The highest BCUT2D eigenvalue weighted by Gasteiger charge is 2.40. The summed E-state index contributed by atoms with van der Waals surface area (Å²) in [6.45, 7) is 0. The fourth-order valence-corrected chi connectivity index (χ4v) is 3.58. The third-order valence-electron chi connectivity index (χ3n) is 3.87. The van der Waals surface area contributed by atoms with Crippen LogP contribution in [0.1, 0.15) is 12.0 Å². The highest BCUT2D eigenvalue weighted by molar-refractivity contribution is 8.16. The number of rotatable bonds is 6. The zero-order valence-electron chi connectivity index (χ0n) is 14.8. The number of hydrogen-bond acceptors (Lipinski definition) is 7. The van der Waals surface area contributed by atoms with Gasteiger partial charge in [0, 0.05) is 0 Å². The van der Waals surface area contributed by atoms with Crippen molar-refractivity contribution in [3.63, 3.8) is 0 Å². The first-order chi connectivity index (χ1) is 13.5. The number of carboxylic acids is 1. The highest BCUT2D eigenvalue weighted by Crippen LogP contribution is 2.34. The molecule has 0 bridgehead atoms. The van der Waals surface area contributed by atoms with Gasteiger partial charge < -0.3 is 14.9 Å². The number of phenolic OH excluding ortho intramolecular Hbond substituents is 1. The van der Waals surface area contributed by atoms with Crippen molar-refractivity contribution in [3.05, 3.63) is 54.1 Å². The molecule has 1 fully saturated rings. The predicted molar refractivity (Wildman–Crippen MR) is 107 cm³/mol. The number of carbonyl (C=O) groups excluding carboxylic acids is 1. The lowest BCUT2D eigenvalue weighted by atomic mass is 10.2. The van der Waals surface area contributed by atoms with Gasteiger partial charge >= 0.3 is 5.97 Å². The number of nitrogens with zero attached hydrogens (tertiary/aromatic N) is 3. The van der Waals surface area contributed by atoms with Gasteiger partial charge in [-0.15, -0.1) is 5.10 Å². The molecule has 1 saturated heterocycles. The van der Waals surface area contributed by atoms with Crippen molar-refractivity contribution in [2.45, 2.75) is 11.7 Å². The minimum atomic E-state index is -1.07. The van der Waals surface area contributed by atoms with E-state index >= 15 is 0 Å². The normalized spacial score (nSPS) is 18.2. The van der Waals surface area contributed by atoms with Crippen LogP contribution in [-0.2, 0) is 9.59 Å². The van der Waals surface area contributed by atoms with Crippen molar-refractivity contribution in [1.29, 1.82) is 0 Å². The summed E-state index contributed by atoms with van der Waals surface area (Å²) < 4.78 is 5.10. The van der Waals surface area contributed by atoms with Gasteiger partial charge in [-0.25, -0.2) is 0 Å². The monoisotopic (exact) mass is 399 g/mol. The molecule has 0 saturated carbocycles. The second-order valence-electron chi connectivity index (χ2n) is 5.79. The maximum absolute atomic E-state index is 12.7. The Morgan fingerprint density at radius 2 is 1.89 bits per heavy atom. The van der Waals surface area contributed by atoms with Crippen LogP contribution in [-0.4, -0.2) is 45.8 Å². The van der Waals surface area contributed by atoms with Crippen LogP contribution in [0.3, 0.4) is 0 Å². The zero-order chi connectivity index (χ0) is 20.1. The Labute approximate surface area is 165 Å². The van der Waals surface area contributed by atoms with Crippen molar-refractivity contribution in [2.75, 3.05) is 12.0 Å². The van der Waals surface area contributed by atoms with Gasteiger partial charge in [0.25, 0.3) is 0 Å². The number of hydrogen-bond donors (Lipinski definition) is 2. The molecule has 2 aromatic carbocycles. The first-order valence-electron chi connectivity index (χ1n) is 8.24. The van der Waals surface area contributed by atoms with E-state index in [4.69, 9.17) is 9.84 Å². The van der Waals surface area contributed by atoms with Crippen molar-refractivity contribution >= 4 is 40.7 Å². The minimum absolute atomic E-state index is 0.0566. The number of amides is 1. The topological polar surface area (TPSA) is 112 Å². The summed E-state index contributed by atoms with van der Waals surface area (Å²) in [7, 11) is 1.58. The second-order valence-corrected chi connectivity index (χ2v) is 6.96. The average molecular weight is 399 g/mol. The molecule has 1 amide bonds. The summed E-state index contributed by atoms with van der Waals surface area (Å²) >= 11 is 1.04. The van der Waals surface area contributed by atoms with Crippen LogP contribution in [0.4, 0.5) is 5.69 Å². The molecular formula is C19H17N3O5S. The van der Waals surface area contributed by atoms with E-state index in [0.717, 1.165) is 23.1 Å². The van der Waals surface area contributed by atoms with Crippen LogP contribution in [0.25, 0.3) is 0 Å². The molecule has 2 aromatic rings. The summed E-state index contributed by atoms with van der Waals surface area (Å²) in [5.41, 5.74) is 1.26. The second kappa shape index (κ2) is 8.57. The fraction of sp³-hybridized carbons (Fsp3) is 0.158. The van der Waals surface area contributed by atoms with Crippen LogP contribution in [0.2, 0.25) is 0 Å². The molecule has 0 aliphatic carbocycles. The number of aliphatic carboxylic acids is 1. The van der Waals surface area contributed by atoms with Gasteiger partial charge in [-0.1, -0.05) is 11.8 Å². The molecule has 0 spiro atoms. The lowest BCUT2D eigenvalue weighted by molar-refractivity contribution is -0.138. The largest absolute Gasteiger partial charge is 0.508 e. The molecule has 1 aliphatic rings. The first-order valence-corrected chi connectivity index (χ1v) is 9.12. The smallest absolute Gasteiger partial charge is 0.305 e. The van der Waals surface area contributed by atoms with Crippen LogP contribution in [0.5, 0.6) is 11.5 Å². The van der Waals surface area contributed by atoms with Crippen LogP contribution < -0.4 is 9.64 Å². The van der Waals surface area contributed by atoms with Gasteiger partial charge in [0.05, 0.1) is 25.4 Å². The van der Waals surface area contributed by atoms with Gasteiger partial charge in [0.1, 0.15) is 16.7 Å². The van der Waals surface area contributed by atoms with E-state index in [2.05, 4.69) is 10.2 Å². The highest BCUT2D eigenvalue weighted by atomic mass is 32.2. The van der Waals surface area contributed by atoms with Gasteiger partial charge in [0.15, 0.2) is 5.17 Å². The molecule has 8 nitrogen and oxygen atoms in total. The first kappa shape index (κ1) is 19.4. The molecule has 3 rings (SSSR count). The molecule has 144 valence electrons. The van der Waals surface area contributed by atoms with Crippen molar-refractivity contribution in [3.8, 4) is 11.5 Å². The number of aromatic hydroxyl groups is 1. The molecule has 2 N–H and O–H groups in total. The number of amidine groups is 1. The number of phenols is 1. The number of anilines is 1. The average Bonchev–Trinajstić information content (AvgIpc) is 2.98. The molecule has 1 aliphatic heterocycles. The SMILES string of the molecule is COc1ccc(/C=N\N=C2/S[C@H](CC(=O)O)C(=O)N2c2ccc(O)cc2)cc1. The number of thioether (sulfide) groups is 1. The molecule has 0 radical (unpaired) electrons. The number of methoxy groups -OCH3 is 1. The molecular weight excluding hydrogens is 382 g/mol. The van der Waals surface area contributed by atoms with E-state index in [0.29, 0.717) is 5.69 Å². The number of carboxylic acid groups (broad SMARTS) is 1. The van der Waals surface area contributed by atoms with E-state index in [-0.39, 0.29) is 17.3 Å². The van der Waals surface area contributed by atoms with Crippen molar-refractivity contribution in [2.24, 2.45) is 10.2 Å². The van der Waals surface area contributed by atoms with Crippen LogP contribution >= 0.6 is 11.8 Å². The number of benzene rings is 2. The van der Waals surface area contributed by atoms with Gasteiger partial charge in [-0.2, -0.15) is 5.10 Å². The summed E-state index contributed by atoms with van der Waals surface area (Å²) in [4.78, 5) is 25.0. The maximum atomic E-state index is 12.7. The molecule has 1 atom stereocenters. The van der Waals surface area contributed by atoms with E-state index in [1.807, 2.05) is 0 Å². The summed E-state index contributed by atoms with van der Waals surface area (Å²) in [6, 6.07) is 13.2. The molecule has 1 heterocycles. The molecule has 0 unspecified atom stereocenters. The third kappa shape index (κ3) is 4.49. The van der Waals surface area contributed by atoms with Crippen molar-refractivity contribution in [1.82, 2.24) is 0 Å².